The molecule has 0 saturated carbocycles. The van der Waals surface area contributed by atoms with E-state index in [1.165, 1.54) is 18.2 Å². The maximum Gasteiger partial charge on any atom is 0.246 e. The lowest BCUT2D eigenvalue weighted by Gasteiger charge is -2.31. The molecule has 1 aromatic carbocycles. The molecule has 0 spiro atoms. The third kappa shape index (κ3) is 3.42. The Labute approximate surface area is 117 Å². The van der Waals surface area contributed by atoms with E-state index >= 15 is 0 Å². The Morgan fingerprint density at radius 1 is 1.45 bits per heavy atom. The van der Waals surface area contributed by atoms with Crippen LogP contribution in [0.3, 0.4) is 0 Å². The molecule has 1 atom stereocenters. The Hall–Kier alpha value is -1.75. The summed E-state index contributed by atoms with van der Waals surface area (Å²) in [7, 11) is 0. The van der Waals surface area contributed by atoms with Gasteiger partial charge in [0.15, 0.2) is 0 Å². The molecule has 1 aromatic rings. The van der Waals surface area contributed by atoms with Gasteiger partial charge in [0.05, 0.1) is 0 Å². The van der Waals surface area contributed by atoms with Crippen molar-refractivity contribution < 1.29 is 13.6 Å². The molecule has 0 aromatic heterocycles. The minimum absolute atomic E-state index is 0.139. The standard InChI is InChI=1S/C15H18F2N2O/c1-10(13-4-3-12(16)8-14(13)17)7-15(20)19-6-5-18-11(2)9-19/h3-4,7-8,11,18H,5-6,9H2,1-2H3/b10-7-. The lowest BCUT2D eigenvalue weighted by atomic mass is 10.1. The van der Waals surface area contributed by atoms with Crippen LogP contribution < -0.4 is 5.32 Å². The van der Waals surface area contributed by atoms with Crippen LogP contribution in [0.15, 0.2) is 24.3 Å². The molecule has 1 aliphatic rings. The second-order valence-corrected chi connectivity index (χ2v) is 5.09. The van der Waals surface area contributed by atoms with E-state index in [0.717, 1.165) is 12.6 Å². The predicted octanol–water partition coefficient (Wildman–Crippen LogP) is 2.19. The summed E-state index contributed by atoms with van der Waals surface area (Å²) in [5, 5.41) is 3.25. The monoisotopic (exact) mass is 280 g/mol. The average Bonchev–Trinajstić information content (AvgIpc) is 2.38. The van der Waals surface area contributed by atoms with Gasteiger partial charge in [-0.05, 0) is 31.6 Å². The van der Waals surface area contributed by atoms with E-state index in [1.807, 2.05) is 6.92 Å². The number of nitrogens with one attached hydrogen (secondary N) is 1. The van der Waals surface area contributed by atoms with Crippen LogP contribution >= 0.6 is 0 Å². The first-order valence-electron chi connectivity index (χ1n) is 6.63. The molecule has 2 rings (SSSR count). The minimum atomic E-state index is -0.653. The van der Waals surface area contributed by atoms with E-state index in [0.29, 0.717) is 18.7 Å². The number of hydrogen-bond donors (Lipinski definition) is 1. The van der Waals surface area contributed by atoms with Crippen molar-refractivity contribution in [1.82, 2.24) is 10.2 Å². The number of allylic oxidation sites excluding steroid dienone is 1. The molecular formula is C15H18F2N2O. The Bertz CT molecular complexity index is 543. The van der Waals surface area contributed by atoms with Crippen LogP contribution in [0.5, 0.6) is 0 Å². The highest BCUT2D eigenvalue weighted by atomic mass is 19.1. The highest BCUT2D eigenvalue weighted by Crippen LogP contribution is 2.19. The quantitative estimate of drug-likeness (QED) is 0.842. The van der Waals surface area contributed by atoms with Crippen molar-refractivity contribution in [3.63, 3.8) is 0 Å². The van der Waals surface area contributed by atoms with Gasteiger partial charge in [-0.25, -0.2) is 8.78 Å². The summed E-state index contributed by atoms with van der Waals surface area (Å²) in [6.45, 7) is 5.69. The van der Waals surface area contributed by atoms with Gasteiger partial charge in [0.2, 0.25) is 5.91 Å². The first kappa shape index (κ1) is 14.7. The van der Waals surface area contributed by atoms with Gasteiger partial charge in [-0.1, -0.05) is 0 Å². The topological polar surface area (TPSA) is 32.3 Å². The Kier molecular flexibility index (Phi) is 4.49. The number of halogens is 2. The molecule has 1 N–H and O–H groups in total. The predicted molar refractivity (Wildman–Crippen MR) is 74.1 cm³/mol. The molecule has 0 radical (unpaired) electrons. The van der Waals surface area contributed by atoms with Crippen LogP contribution in [-0.4, -0.2) is 36.5 Å². The van der Waals surface area contributed by atoms with Crippen molar-refractivity contribution in [3.05, 3.63) is 41.5 Å². The van der Waals surface area contributed by atoms with E-state index in [-0.39, 0.29) is 17.5 Å². The fourth-order valence-corrected chi connectivity index (χ4v) is 2.30. The Morgan fingerprint density at radius 2 is 2.20 bits per heavy atom. The smallest absolute Gasteiger partial charge is 0.246 e. The second-order valence-electron chi connectivity index (χ2n) is 5.09. The lowest BCUT2D eigenvalue weighted by Crippen LogP contribution is -2.50. The molecule has 108 valence electrons. The van der Waals surface area contributed by atoms with Crippen LogP contribution in [0, 0.1) is 11.6 Å². The van der Waals surface area contributed by atoms with Crippen molar-refractivity contribution in [2.75, 3.05) is 19.6 Å². The molecule has 20 heavy (non-hydrogen) atoms. The number of carbonyl (C=O) groups is 1. The Balaban J connectivity index is 2.14. The zero-order valence-electron chi connectivity index (χ0n) is 11.6. The maximum atomic E-state index is 13.6. The fourth-order valence-electron chi connectivity index (χ4n) is 2.30. The highest BCUT2D eigenvalue weighted by Gasteiger charge is 2.19. The number of rotatable bonds is 2. The number of hydrogen-bond acceptors (Lipinski definition) is 2. The molecule has 1 saturated heterocycles. The van der Waals surface area contributed by atoms with Gasteiger partial charge >= 0.3 is 0 Å². The lowest BCUT2D eigenvalue weighted by molar-refractivity contribution is -0.127. The average molecular weight is 280 g/mol. The van der Waals surface area contributed by atoms with Gasteiger partial charge < -0.3 is 10.2 Å². The number of amides is 1. The first-order valence-corrected chi connectivity index (χ1v) is 6.63. The number of piperazine rings is 1. The van der Waals surface area contributed by atoms with Crippen molar-refractivity contribution in [3.8, 4) is 0 Å². The van der Waals surface area contributed by atoms with E-state index in [2.05, 4.69) is 5.32 Å². The third-order valence-corrected chi connectivity index (χ3v) is 3.38. The zero-order valence-corrected chi connectivity index (χ0v) is 11.6. The molecular weight excluding hydrogens is 262 g/mol. The van der Waals surface area contributed by atoms with Gasteiger partial charge in [0.1, 0.15) is 11.6 Å². The van der Waals surface area contributed by atoms with E-state index in [4.69, 9.17) is 0 Å². The SMILES string of the molecule is C/C(=C/C(=O)N1CCNC(C)C1)c1ccc(F)cc1F. The molecule has 1 aliphatic heterocycles. The summed E-state index contributed by atoms with van der Waals surface area (Å²) >= 11 is 0. The summed E-state index contributed by atoms with van der Waals surface area (Å²) < 4.78 is 26.5. The van der Waals surface area contributed by atoms with Crippen molar-refractivity contribution in [2.24, 2.45) is 0 Å². The summed E-state index contributed by atoms with van der Waals surface area (Å²) in [6, 6.07) is 3.62. The number of nitrogens with zero attached hydrogens (tertiary/aromatic N) is 1. The molecule has 1 heterocycles. The van der Waals surface area contributed by atoms with Gasteiger partial charge in [0, 0.05) is 43.4 Å². The normalized spacial score (nSPS) is 20.1. The number of benzene rings is 1. The van der Waals surface area contributed by atoms with E-state index in [9.17, 15) is 13.6 Å². The molecule has 1 fully saturated rings. The van der Waals surface area contributed by atoms with Crippen LogP contribution in [-0.2, 0) is 4.79 Å². The minimum Gasteiger partial charge on any atom is -0.336 e. The van der Waals surface area contributed by atoms with E-state index in [1.54, 1.807) is 11.8 Å². The Morgan fingerprint density at radius 3 is 2.85 bits per heavy atom. The summed E-state index contributed by atoms with van der Waals surface area (Å²) in [5.41, 5.74) is 0.751. The van der Waals surface area contributed by atoms with Gasteiger partial charge in [0.25, 0.3) is 0 Å². The summed E-state index contributed by atoms with van der Waals surface area (Å²) in [6.07, 6.45) is 1.41. The fraction of sp³-hybridized carbons (Fsp3) is 0.400. The third-order valence-electron chi connectivity index (χ3n) is 3.38. The van der Waals surface area contributed by atoms with Gasteiger partial charge in [-0.3, -0.25) is 4.79 Å². The molecule has 1 amide bonds. The highest BCUT2D eigenvalue weighted by molar-refractivity contribution is 5.95. The second kappa shape index (κ2) is 6.13. The molecule has 5 heteroatoms. The molecule has 3 nitrogen and oxygen atoms in total. The zero-order chi connectivity index (χ0) is 14.7. The molecule has 1 unspecified atom stereocenters. The van der Waals surface area contributed by atoms with E-state index < -0.39 is 11.6 Å². The largest absolute Gasteiger partial charge is 0.336 e. The van der Waals surface area contributed by atoms with Gasteiger partial charge in [-0.2, -0.15) is 0 Å². The maximum absolute atomic E-state index is 13.6. The van der Waals surface area contributed by atoms with Crippen LogP contribution in [0.1, 0.15) is 19.4 Å². The van der Waals surface area contributed by atoms with Crippen molar-refractivity contribution >= 4 is 11.5 Å². The number of carbonyl (C=O) groups excluding carboxylic acids is 1. The van der Waals surface area contributed by atoms with Crippen LogP contribution in [0.4, 0.5) is 8.78 Å². The first-order chi connectivity index (χ1) is 9.47. The van der Waals surface area contributed by atoms with Crippen LogP contribution in [0.25, 0.3) is 5.57 Å². The van der Waals surface area contributed by atoms with Gasteiger partial charge in [-0.15, -0.1) is 0 Å². The van der Waals surface area contributed by atoms with Crippen LogP contribution in [0.2, 0.25) is 0 Å². The van der Waals surface area contributed by atoms with Crippen molar-refractivity contribution in [1.29, 1.82) is 0 Å². The van der Waals surface area contributed by atoms with Crippen molar-refractivity contribution in [2.45, 2.75) is 19.9 Å². The molecule has 0 bridgehead atoms. The molecule has 0 aliphatic carbocycles. The summed E-state index contributed by atoms with van der Waals surface area (Å²) in [5.74, 6) is -1.42. The summed E-state index contributed by atoms with van der Waals surface area (Å²) in [4.78, 5) is 13.9.